The van der Waals surface area contributed by atoms with Crippen LogP contribution in [0.15, 0.2) is 11.1 Å². The summed E-state index contributed by atoms with van der Waals surface area (Å²) >= 11 is 3.41. The maximum absolute atomic E-state index is 12.3. The lowest BCUT2D eigenvalue weighted by Crippen LogP contribution is -2.48. The Labute approximate surface area is 121 Å². The number of hydrogen-bond acceptors (Lipinski definition) is 4. The van der Waals surface area contributed by atoms with E-state index in [1.165, 1.54) is 6.26 Å². The number of alkyl halides is 1. The summed E-state index contributed by atoms with van der Waals surface area (Å²) in [7, 11) is -2.22. The number of nitrogens with zero attached hydrogens (tertiary/aromatic N) is 1. The van der Waals surface area contributed by atoms with Crippen molar-refractivity contribution in [2.45, 2.75) is 38.8 Å². The Morgan fingerprint density at radius 2 is 1.61 bits per heavy atom. The first kappa shape index (κ1) is 16.5. The highest BCUT2D eigenvalue weighted by Crippen LogP contribution is 2.46. The lowest BCUT2D eigenvalue weighted by molar-refractivity contribution is -0.240. The number of halogens is 1. The maximum atomic E-state index is 12.3. The average Bonchev–Trinajstić information content (AvgIpc) is 2.32. The molecule has 0 spiro atoms. The van der Waals surface area contributed by atoms with E-state index in [1.54, 1.807) is 0 Å². The quantitative estimate of drug-likeness (QED) is 0.441. The van der Waals surface area contributed by atoms with E-state index in [2.05, 4.69) is 15.9 Å². The lowest BCUT2D eigenvalue weighted by Gasteiger charge is -2.34. The fourth-order valence-corrected chi connectivity index (χ4v) is 5.24. The first-order valence-electron chi connectivity index (χ1n) is 5.55. The molecule has 4 nitrogen and oxygen atoms in total. The lowest BCUT2D eigenvalue weighted by atomic mass is 9.93. The molecule has 0 fully saturated rings. The SMILES string of the molecule is CC1(C)C(CBr)=C(CSS(C)(=O)=O)C(C)(C)N1[O]. The maximum Gasteiger partial charge on any atom is 0.199 e. The highest BCUT2D eigenvalue weighted by molar-refractivity contribution is 9.09. The van der Waals surface area contributed by atoms with E-state index < -0.39 is 19.9 Å². The van der Waals surface area contributed by atoms with Crippen molar-refractivity contribution in [2.75, 3.05) is 17.3 Å². The van der Waals surface area contributed by atoms with Crippen LogP contribution in [0.3, 0.4) is 0 Å². The van der Waals surface area contributed by atoms with Gasteiger partial charge in [0.25, 0.3) is 0 Å². The van der Waals surface area contributed by atoms with Crippen molar-refractivity contribution in [1.29, 1.82) is 0 Å². The Hall–Kier alpha value is 0.440. The average molecular weight is 357 g/mol. The topological polar surface area (TPSA) is 57.3 Å². The first-order valence-corrected chi connectivity index (χ1v) is 10.1. The van der Waals surface area contributed by atoms with Gasteiger partial charge in [-0.05, 0) is 49.6 Å². The molecule has 0 bridgehead atoms. The summed E-state index contributed by atoms with van der Waals surface area (Å²) in [6, 6.07) is 0. The molecule has 1 rings (SSSR count). The van der Waals surface area contributed by atoms with Crippen molar-refractivity contribution in [3.63, 3.8) is 0 Å². The van der Waals surface area contributed by atoms with E-state index in [0.29, 0.717) is 11.1 Å². The zero-order valence-electron chi connectivity index (χ0n) is 11.3. The highest BCUT2D eigenvalue weighted by Gasteiger charge is 2.51. The Morgan fingerprint density at radius 3 is 2.00 bits per heavy atom. The molecule has 0 aromatic carbocycles. The van der Waals surface area contributed by atoms with E-state index >= 15 is 0 Å². The molecule has 1 aliphatic heterocycles. The number of hydroxylamine groups is 2. The van der Waals surface area contributed by atoms with Crippen molar-refractivity contribution >= 4 is 35.6 Å². The Kier molecular flexibility index (Phi) is 4.66. The predicted octanol–water partition coefficient (Wildman–Crippen LogP) is 2.59. The first-order chi connectivity index (χ1) is 7.94. The van der Waals surface area contributed by atoms with Crippen molar-refractivity contribution in [2.24, 2.45) is 0 Å². The fourth-order valence-electron chi connectivity index (χ4n) is 2.36. The minimum Gasteiger partial charge on any atom is -0.218 e. The zero-order valence-corrected chi connectivity index (χ0v) is 14.5. The summed E-state index contributed by atoms with van der Waals surface area (Å²) in [4.78, 5) is 0. The summed E-state index contributed by atoms with van der Waals surface area (Å²) in [5.74, 6) is 0.342. The van der Waals surface area contributed by atoms with Gasteiger partial charge in [0.2, 0.25) is 0 Å². The molecule has 0 saturated carbocycles. The van der Waals surface area contributed by atoms with Crippen molar-refractivity contribution in [3.05, 3.63) is 11.1 Å². The van der Waals surface area contributed by atoms with Crippen LogP contribution in [0.4, 0.5) is 0 Å². The third kappa shape index (κ3) is 2.95. The van der Waals surface area contributed by atoms with Crippen molar-refractivity contribution in [3.8, 4) is 0 Å². The van der Waals surface area contributed by atoms with Gasteiger partial charge >= 0.3 is 0 Å². The number of hydrogen-bond donors (Lipinski definition) is 0. The van der Waals surface area contributed by atoms with Gasteiger partial charge in [-0.3, -0.25) is 0 Å². The third-order valence-electron chi connectivity index (χ3n) is 3.41. The largest absolute Gasteiger partial charge is 0.218 e. The molecule has 0 aliphatic carbocycles. The molecule has 7 heteroatoms. The number of rotatable bonds is 4. The fraction of sp³-hybridized carbons (Fsp3) is 0.818. The summed E-state index contributed by atoms with van der Waals surface area (Å²) in [5, 5.41) is 14.0. The summed E-state index contributed by atoms with van der Waals surface area (Å²) in [6.45, 7) is 7.43. The van der Waals surface area contributed by atoms with Crippen LogP contribution in [-0.2, 0) is 14.1 Å². The van der Waals surface area contributed by atoms with E-state index in [0.717, 1.165) is 27.0 Å². The van der Waals surface area contributed by atoms with Crippen LogP contribution in [0.25, 0.3) is 0 Å². The zero-order chi connectivity index (χ0) is 14.4. The van der Waals surface area contributed by atoms with Crippen LogP contribution in [0.5, 0.6) is 0 Å². The van der Waals surface area contributed by atoms with Crippen LogP contribution < -0.4 is 0 Å². The van der Waals surface area contributed by atoms with Gasteiger partial charge < -0.3 is 0 Å². The van der Waals surface area contributed by atoms with Crippen LogP contribution >= 0.6 is 26.7 Å². The van der Waals surface area contributed by atoms with E-state index in [4.69, 9.17) is 0 Å². The van der Waals surface area contributed by atoms with Crippen LogP contribution in [0.2, 0.25) is 0 Å². The van der Waals surface area contributed by atoms with Crippen molar-refractivity contribution < 1.29 is 13.6 Å². The monoisotopic (exact) mass is 356 g/mol. The van der Waals surface area contributed by atoms with Gasteiger partial charge in [0.1, 0.15) is 0 Å². The van der Waals surface area contributed by atoms with Crippen molar-refractivity contribution in [1.82, 2.24) is 5.06 Å². The summed E-state index contributed by atoms with van der Waals surface area (Å²) < 4.78 is 22.5. The molecule has 0 aromatic heterocycles. The molecular weight excluding hydrogens is 338 g/mol. The third-order valence-corrected chi connectivity index (χ3v) is 6.44. The van der Waals surface area contributed by atoms with Gasteiger partial charge in [0, 0.05) is 17.3 Å². The molecule has 1 aliphatic rings. The summed E-state index contributed by atoms with van der Waals surface area (Å²) in [6.07, 6.45) is 1.19. The van der Waals surface area contributed by atoms with Gasteiger partial charge in [0.15, 0.2) is 8.87 Å². The van der Waals surface area contributed by atoms with Crippen LogP contribution in [0, 0.1) is 0 Å². The second-order valence-electron chi connectivity index (χ2n) is 5.47. The Bertz CT molecular complexity index is 469. The van der Waals surface area contributed by atoms with Crippen LogP contribution in [-0.4, -0.2) is 41.9 Å². The second kappa shape index (κ2) is 5.09. The smallest absolute Gasteiger partial charge is 0.199 e. The van der Waals surface area contributed by atoms with Gasteiger partial charge in [-0.1, -0.05) is 15.9 Å². The standard InChI is InChI=1S/C11H19BrNO3S2/c1-10(2)8(6-12)9(7-17-18(5,15)16)11(3,4)13(10)14/h6-7H2,1-5H3. The molecule has 18 heavy (non-hydrogen) atoms. The molecule has 0 aromatic rings. The van der Waals surface area contributed by atoms with Crippen LogP contribution in [0.1, 0.15) is 27.7 Å². The molecule has 0 unspecified atom stereocenters. The normalized spacial score (nSPS) is 23.7. The molecule has 1 heterocycles. The predicted molar refractivity (Wildman–Crippen MR) is 78.8 cm³/mol. The Balaban J connectivity index is 3.18. The van der Waals surface area contributed by atoms with E-state index in [9.17, 15) is 13.6 Å². The molecule has 0 atom stereocenters. The molecule has 0 saturated heterocycles. The molecule has 0 amide bonds. The molecule has 0 N–H and O–H groups in total. The van der Waals surface area contributed by atoms with Gasteiger partial charge in [-0.25, -0.2) is 8.42 Å². The van der Waals surface area contributed by atoms with Gasteiger partial charge in [-0.15, -0.1) is 10.3 Å². The van der Waals surface area contributed by atoms with E-state index in [1.807, 2.05) is 27.7 Å². The van der Waals surface area contributed by atoms with Gasteiger partial charge in [0.05, 0.1) is 11.1 Å². The minimum atomic E-state index is -3.10. The second-order valence-corrected chi connectivity index (χ2v) is 10.5. The molecule has 1 radical (unpaired) electrons. The minimum absolute atomic E-state index is 0.342. The van der Waals surface area contributed by atoms with E-state index in [-0.39, 0.29) is 0 Å². The molecule has 105 valence electrons. The molecular formula is C11H19BrNO3S2. The highest BCUT2D eigenvalue weighted by atomic mass is 79.9. The van der Waals surface area contributed by atoms with Gasteiger partial charge in [-0.2, -0.15) is 0 Å². The Morgan fingerprint density at radius 1 is 1.17 bits per heavy atom. The summed E-state index contributed by atoms with van der Waals surface area (Å²) in [5.41, 5.74) is 0.637.